The summed E-state index contributed by atoms with van der Waals surface area (Å²) in [5.41, 5.74) is 25.2. The van der Waals surface area contributed by atoms with Crippen molar-refractivity contribution >= 4 is 116 Å². The molecule has 22 aromatic rings. The van der Waals surface area contributed by atoms with Crippen molar-refractivity contribution in [3.8, 4) is 135 Å². The summed E-state index contributed by atoms with van der Waals surface area (Å²) in [6.45, 7) is 0. The number of benzene rings is 15. The summed E-state index contributed by atoms with van der Waals surface area (Å²) in [6, 6.07) is 137. The molecule has 7 aromatic heterocycles. The van der Waals surface area contributed by atoms with Crippen LogP contribution in [-0.2, 0) is 0 Å². The molecule has 0 radical (unpaired) electrons. The third-order valence-electron chi connectivity index (χ3n) is 21.4. The number of hydrogen-bond acceptors (Lipinski definition) is 9. The summed E-state index contributed by atoms with van der Waals surface area (Å²) in [5.74, 6) is 1.36. The van der Waals surface area contributed by atoms with Crippen molar-refractivity contribution in [3.63, 3.8) is 0 Å². The molecule has 0 aliphatic heterocycles. The Hall–Kier alpha value is -14.1. The third-order valence-corrected chi connectivity index (χ3v) is 24.9. The lowest BCUT2D eigenvalue weighted by atomic mass is 9.96. The zero-order valence-electron chi connectivity index (χ0n) is 60.9. The smallest absolute Gasteiger partial charge is 0.160 e. The summed E-state index contributed by atoms with van der Waals surface area (Å²) in [4.78, 5) is 31.5. The Bertz CT molecular complexity index is 7350. The maximum atomic E-state index is 5.44. The van der Waals surface area contributed by atoms with Gasteiger partial charge in [-0.05, 0) is 123 Å². The van der Waals surface area contributed by atoms with E-state index in [2.05, 4.69) is 364 Å². The van der Waals surface area contributed by atoms with Gasteiger partial charge in [-0.15, -0.1) is 34.0 Å². The molecule has 0 aliphatic carbocycles. The second kappa shape index (κ2) is 28.7. The van der Waals surface area contributed by atoms with Gasteiger partial charge in [0.25, 0.3) is 0 Å². The van der Waals surface area contributed by atoms with Crippen LogP contribution >= 0.6 is 34.0 Å². The molecule has 0 fully saturated rings. The molecule has 0 N–H and O–H groups in total. The maximum absolute atomic E-state index is 5.44. The summed E-state index contributed by atoms with van der Waals surface area (Å²) >= 11 is 5.48. The molecule has 7 heterocycles. The summed E-state index contributed by atoms with van der Waals surface area (Å²) in [7, 11) is 0. The van der Waals surface area contributed by atoms with E-state index in [1.807, 2.05) is 46.9 Å². The van der Waals surface area contributed by atoms with Crippen LogP contribution in [0.25, 0.3) is 217 Å². The number of rotatable bonds is 12. The lowest BCUT2D eigenvalue weighted by molar-refractivity contribution is 1.18. The van der Waals surface area contributed by atoms with E-state index < -0.39 is 0 Å². The predicted octanol–water partition coefficient (Wildman–Crippen LogP) is 29.2. The van der Waals surface area contributed by atoms with Crippen molar-refractivity contribution in [3.05, 3.63) is 388 Å². The van der Waals surface area contributed by atoms with Crippen molar-refractivity contribution in [1.29, 1.82) is 0 Å². The van der Waals surface area contributed by atoms with Crippen molar-refractivity contribution in [2.24, 2.45) is 0 Å². The topological polar surface area (TPSA) is 77.3 Å². The van der Waals surface area contributed by atoms with Crippen molar-refractivity contribution in [2.45, 2.75) is 0 Å². The molecule has 9 heteroatoms. The van der Waals surface area contributed by atoms with Crippen LogP contribution < -0.4 is 0 Å². The van der Waals surface area contributed by atoms with Gasteiger partial charge >= 0.3 is 0 Å². The summed E-state index contributed by atoms with van der Waals surface area (Å²) in [5, 5.41) is 9.93. The second-order valence-corrected chi connectivity index (χ2v) is 31.5. The van der Waals surface area contributed by atoms with Crippen LogP contribution in [0.4, 0.5) is 0 Å². The van der Waals surface area contributed by atoms with Gasteiger partial charge in [-0.2, -0.15) is 0 Å². The first-order valence-corrected chi connectivity index (χ1v) is 40.3. The molecule has 0 atom stereocenters. The van der Waals surface area contributed by atoms with Gasteiger partial charge in [0, 0.05) is 106 Å². The van der Waals surface area contributed by atoms with Crippen LogP contribution in [0.15, 0.2) is 388 Å². The fourth-order valence-corrected chi connectivity index (χ4v) is 19.5. The molecule has 0 bridgehead atoms. The molecule has 22 rings (SSSR count). The van der Waals surface area contributed by atoms with Crippen LogP contribution in [-0.4, -0.2) is 29.9 Å². The van der Waals surface area contributed by atoms with E-state index >= 15 is 0 Å². The van der Waals surface area contributed by atoms with Gasteiger partial charge in [0.15, 0.2) is 11.6 Å². The Balaban J connectivity index is 0.000000143. The van der Waals surface area contributed by atoms with Crippen molar-refractivity contribution < 1.29 is 0 Å². The molecular weight excluding hydrogens is 1430 g/mol. The Morgan fingerprint density at radius 1 is 0.168 bits per heavy atom. The first-order chi connectivity index (χ1) is 56.0. The minimum atomic E-state index is 0.672. The van der Waals surface area contributed by atoms with Gasteiger partial charge < -0.3 is 0 Å². The molecule has 0 saturated heterocycles. The van der Waals surface area contributed by atoms with Crippen molar-refractivity contribution in [1.82, 2.24) is 29.9 Å². The normalized spacial score (nSPS) is 11.5. The standard InChI is InChI=1S/C55H35N3S.C49H29N3S2/c1-4-14-36(15-5-1)38-26-28-40(29-27-38)50-35-49(39-18-8-3-9-19-39)57-55(58-50)45-23-13-22-44(33-45)53-54-52(46-24-10-11-25-51(46)59-54)47-34-43(30-31-48(47)56-53)42-21-12-20-41(32-42)37-16-6-2-7-17-37;1-3-13-30(14-4-1)40-29-41(31-15-5-2-6-16-31)52-49(51-40)34-18-11-17-33(27-34)47-48-46(37-20-8-10-23-43(37)54-48)38-28-32(25-26-39(38)50-47)35-21-12-24-44-45(35)36-19-7-9-22-42(36)53-44/h1-35H;1-29H. The molecule has 113 heavy (non-hydrogen) atoms. The fourth-order valence-electron chi connectivity index (χ4n) is 15.9. The number of aromatic nitrogens is 6. The van der Waals surface area contributed by atoms with E-state index in [4.69, 9.17) is 29.9 Å². The first-order valence-electron chi connectivity index (χ1n) is 37.9. The Morgan fingerprint density at radius 3 is 0.947 bits per heavy atom. The first kappa shape index (κ1) is 67.1. The molecule has 15 aromatic carbocycles. The molecular formula is C104H64N6S3. The molecule has 0 aliphatic rings. The fraction of sp³-hybridized carbons (Fsp3) is 0. The zero-order valence-corrected chi connectivity index (χ0v) is 63.3. The highest BCUT2D eigenvalue weighted by molar-refractivity contribution is 7.27. The number of fused-ring (bicyclic) bond motifs is 13. The van der Waals surface area contributed by atoms with E-state index in [0.29, 0.717) is 11.6 Å². The molecule has 0 saturated carbocycles. The zero-order chi connectivity index (χ0) is 74.7. The number of thiophene rings is 3. The highest BCUT2D eigenvalue weighted by Crippen LogP contribution is 2.48. The molecule has 0 unspecified atom stereocenters. The highest BCUT2D eigenvalue weighted by atomic mass is 32.1. The van der Waals surface area contributed by atoms with Gasteiger partial charge in [0.1, 0.15) is 0 Å². The third kappa shape index (κ3) is 12.7. The van der Waals surface area contributed by atoms with E-state index in [1.54, 1.807) is 11.3 Å². The van der Waals surface area contributed by atoms with Crippen LogP contribution in [0.2, 0.25) is 0 Å². The predicted molar refractivity (Wildman–Crippen MR) is 479 cm³/mol. The average Bonchev–Trinajstić information content (AvgIpc) is 1.63. The number of nitrogens with zero attached hydrogens (tertiary/aromatic N) is 6. The van der Waals surface area contributed by atoms with Gasteiger partial charge in [0.05, 0.1) is 54.6 Å². The van der Waals surface area contributed by atoms with Crippen LogP contribution in [0.3, 0.4) is 0 Å². The second-order valence-electron chi connectivity index (χ2n) is 28.3. The van der Waals surface area contributed by atoms with Gasteiger partial charge in [-0.25, -0.2) is 29.9 Å². The Labute approximate surface area is 664 Å². The average molecular weight is 1490 g/mol. The van der Waals surface area contributed by atoms with E-state index in [0.717, 1.165) is 95.1 Å². The van der Waals surface area contributed by atoms with E-state index in [-0.39, 0.29) is 0 Å². The van der Waals surface area contributed by atoms with E-state index in [9.17, 15) is 0 Å². The van der Waals surface area contributed by atoms with E-state index in [1.165, 1.54) is 110 Å². The number of hydrogen-bond donors (Lipinski definition) is 0. The quantitative estimate of drug-likeness (QED) is 0.121. The SMILES string of the molecule is c1ccc(-c2cc(-c3ccccc3)nc(-c3cccc(-c4nc5ccc(-c6cccc7sc8ccccc8c67)cc5c5c4sc4ccccc45)c3)n2)cc1.c1ccc(-c2ccc(-c3cc(-c4ccccc4)nc(-c4cccc(-c5nc6ccc(-c7cccc(-c8ccccc8)c7)cc6c6c5sc5ccccc56)c4)n3)cc2)cc1. The Kier molecular flexibility index (Phi) is 17.1. The minimum absolute atomic E-state index is 0.672. The number of pyridine rings is 2. The monoisotopic (exact) mass is 1490 g/mol. The van der Waals surface area contributed by atoms with Gasteiger partial charge in [-0.1, -0.05) is 309 Å². The maximum Gasteiger partial charge on any atom is 0.160 e. The molecule has 0 spiro atoms. The molecule has 0 amide bonds. The minimum Gasteiger partial charge on any atom is -0.246 e. The highest BCUT2D eigenvalue weighted by Gasteiger charge is 2.23. The Morgan fingerprint density at radius 2 is 0.469 bits per heavy atom. The molecule has 6 nitrogen and oxygen atoms in total. The van der Waals surface area contributed by atoms with Crippen LogP contribution in [0.5, 0.6) is 0 Å². The lowest BCUT2D eigenvalue weighted by Gasteiger charge is -2.12. The van der Waals surface area contributed by atoms with Crippen molar-refractivity contribution in [2.75, 3.05) is 0 Å². The van der Waals surface area contributed by atoms with Gasteiger partial charge in [0.2, 0.25) is 0 Å². The molecule has 528 valence electrons. The van der Waals surface area contributed by atoms with Crippen LogP contribution in [0, 0.1) is 0 Å². The van der Waals surface area contributed by atoms with Crippen LogP contribution in [0.1, 0.15) is 0 Å². The summed E-state index contributed by atoms with van der Waals surface area (Å²) < 4.78 is 7.47. The lowest BCUT2D eigenvalue weighted by Crippen LogP contribution is -1.96. The van der Waals surface area contributed by atoms with Gasteiger partial charge in [-0.3, -0.25) is 0 Å². The largest absolute Gasteiger partial charge is 0.246 e. The summed E-state index contributed by atoms with van der Waals surface area (Å²) in [6.07, 6.45) is 0.